The molecule has 3 aromatic rings. The van der Waals surface area contributed by atoms with Gasteiger partial charge in [0.05, 0.1) is 16.5 Å². The van der Waals surface area contributed by atoms with Gasteiger partial charge in [0, 0.05) is 23.8 Å². The minimum Gasteiger partial charge on any atom is -0.384 e. The quantitative estimate of drug-likeness (QED) is 0.337. The summed E-state index contributed by atoms with van der Waals surface area (Å²) >= 11 is 1.00. The van der Waals surface area contributed by atoms with Gasteiger partial charge in [-0.3, -0.25) is 4.98 Å². The molecule has 0 radical (unpaired) electrons. The van der Waals surface area contributed by atoms with Gasteiger partial charge in [-0.25, -0.2) is 9.97 Å². The van der Waals surface area contributed by atoms with Crippen molar-refractivity contribution >= 4 is 28.5 Å². The van der Waals surface area contributed by atoms with E-state index in [9.17, 15) is 26.3 Å². The SMILES string of the molecule is CC(Sc1nc(N)cc(C#N)n1)c1nccc2c(C(C(F)(F)F)C(F)(F)F)c[nH]c12. The van der Waals surface area contributed by atoms with E-state index in [1.54, 1.807) is 6.92 Å². The lowest BCUT2D eigenvalue weighted by Gasteiger charge is -2.22. The van der Waals surface area contributed by atoms with Crippen LogP contribution in [-0.2, 0) is 0 Å². The Bertz CT molecular complexity index is 1100. The summed E-state index contributed by atoms with van der Waals surface area (Å²) in [4.78, 5) is 14.5. The Balaban J connectivity index is 2.03. The first-order valence-electron chi connectivity index (χ1n) is 8.22. The summed E-state index contributed by atoms with van der Waals surface area (Å²) in [5.74, 6) is -3.59. The van der Waals surface area contributed by atoms with E-state index in [0.717, 1.165) is 24.0 Å². The molecule has 0 saturated heterocycles. The number of nitrogen functional groups attached to an aromatic ring is 1. The molecule has 0 spiro atoms. The number of aromatic nitrogens is 4. The summed E-state index contributed by atoms with van der Waals surface area (Å²) in [6.45, 7) is 1.62. The molecular weight excluding hydrogens is 434 g/mol. The number of H-pyrrole nitrogens is 1. The highest BCUT2D eigenvalue weighted by atomic mass is 32.2. The summed E-state index contributed by atoms with van der Waals surface area (Å²) in [6, 6.07) is 4.17. The number of hydrogen-bond acceptors (Lipinski definition) is 6. The van der Waals surface area contributed by atoms with E-state index < -0.39 is 29.1 Å². The van der Waals surface area contributed by atoms with Crippen molar-refractivity contribution in [2.45, 2.75) is 35.6 Å². The molecule has 1 unspecified atom stereocenters. The molecule has 3 heterocycles. The largest absolute Gasteiger partial charge is 0.404 e. The fourth-order valence-electron chi connectivity index (χ4n) is 2.95. The minimum atomic E-state index is -5.51. The number of alkyl halides is 6. The van der Waals surface area contributed by atoms with Crippen LogP contribution in [0.2, 0.25) is 0 Å². The van der Waals surface area contributed by atoms with Gasteiger partial charge in [-0.05, 0) is 18.6 Å². The van der Waals surface area contributed by atoms with Crippen molar-refractivity contribution in [2.75, 3.05) is 5.73 Å². The fraction of sp³-hybridized carbons (Fsp3) is 0.294. The van der Waals surface area contributed by atoms with Crippen LogP contribution in [0.15, 0.2) is 29.7 Å². The summed E-state index contributed by atoms with van der Waals surface area (Å²) in [7, 11) is 0. The van der Waals surface area contributed by atoms with E-state index in [1.165, 1.54) is 6.07 Å². The first-order valence-corrected chi connectivity index (χ1v) is 9.10. The number of nitrogens with one attached hydrogen (secondary N) is 1. The van der Waals surface area contributed by atoms with Crippen LogP contribution in [-0.4, -0.2) is 32.3 Å². The number of rotatable bonds is 4. The van der Waals surface area contributed by atoms with Gasteiger partial charge in [0.2, 0.25) is 0 Å². The van der Waals surface area contributed by atoms with Gasteiger partial charge in [-0.2, -0.15) is 31.6 Å². The average molecular weight is 446 g/mol. The number of anilines is 1. The second-order valence-electron chi connectivity index (χ2n) is 6.21. The van der Waals surface area contributed by atoms with Crippen molar-refractivity contribution in [1.82, 2.24) is 19.9 Å². The third-order valence-electron chi connectivity index (χ3n) is 4.14. The molecule has 3 N–H and O–H groups in total. The van der Waals surface area contributed by atoms with Gasteiger partial charge in [0.1, 0.15) is 17.6 Å². The summed E-state index contributed by atoms with van der Waals surface area (Å²) in [5.41, 5.74) is 4.93. The van der Waals surface area contributed by atoms with Crippen LogP contribution in [0, 0.1) is 11.3 Å². The highest BCUT2D eigenvalue weighted by Gasteiger charge is 2.58. The van der Waals surface area contributed by atoms with Crippen molar-refractivity contribution < 1.29 is 26.3 Å². The van der Waals surface area contributed by atoms with Crippen LogP contribution >= 0.6 is 11.8 Å². The molecule has 0 saturated carbocycles. The average Bonchev–Trinajstić information content (AvgIpc) is 3.02. The van der Waals surface area contributed by atoms with Gasteiger partial charge in [0.25, 0.3) is 0 Å². The second-order valence-corrected chi connectivity index (χ2v) is 7.52. The maximum absolute atomic E-state index is 13.2. The molecule has 6 nitrogen and oxygen atoms in total. The number of nitriles is 1. The van der Waals surface area contributed by atoms with E-state index >= 15 is 0 Å². The molecule has 0 amide bonds. The van der Waals surface area contributed by atoms with Crippen molar-refractivity contribution in [3.8, 4) is 6.07 Å². The first kappa shape index (κ1) is 21.7. The molecule has 158 valence electrons. The van der Waals surface area contributed by atoms with Crippen molar-refractivity contribution in [3.05, 3.63) is 41.5 Å². The molecule has 0 bridgehead atoms. The Morgan fingerprint density at radius 1 is 1.17 bits per heavy atom. The first-order chi connectivity index (χ1) is 13.9. The van der Waals surface area contributed by atoms with Crippen molar-refractivity contribution in [2.24, 2.45) is 0 Å². The number of fused-ring (bicyclic) bond motifs is 1. The van der Waals surface area contributed by atoms with E-state index in [1.807, 2.05) is 6.07 Å². The van der Waals surface area contributed by atoms with E-state index in [4.69, 9.17) is 11.0 Å². The van der Waals surface area contributed by atoms with Crippen molar-refractivity contribution in [3.63, 3.8) is 0 Å². The zero-order valence-corrected chi connectivity index (χ0v) is 15.8. The predicted octanol–water partition coefficient (Wildman–Crippen LogP) is 4.87. The topological polar surface area (TPSA) is 104 Å². The number of halogens is 6. The van der Waals surface area contributed by atoms with Gasteiger partial charge in [0.15, 0.2) is 11.1 Å². The molecule has 13 heteroatoms. The van der Waals surface area contributed by atoms with Crippen LogP contribution in [0.4, 0.5) is 32.2 Å². The van der Waals surface area contributed by atoms with Crippen LogP contribution < -0.4 is 5.73 Å². The molecule has 0 aliphatic heterocycles. The molecule has 3 rings (SSSR count). The molecule has 3 aromatic heterocycles. The van der Waals surface area contributed by atoms with E-state index in [-0.39, 0.29) is 33.3 Å². The zero-order chi connectivity index (χ0) is 22.3. The lowest BCUT2D eigenvalue weighted by molar-refractivity contribution is -0.253. The fourth-order valence-corrected chi connectivity index (χ4v) is 3.87. The Hall–Kier alpha value is -3.01. The lowest BCUT2D eigenvalue weighted by atomic mass is 9.97. The van der Waals surface area contributed by atoms with E-state index in [2.05, 4.69) is 19.9 Å². The Kier molecular flexibility index (Phi) is 5.55. The summed E-state index contributed by atoms with van der Waals surface area (Å²) in [6.07, 6.45) is -9.19. The lowest BCUT2D eigenvalue weighted by Crippen LogP contribution is -2.33. The Morgan fingerprint density at radius 2 is 1.83 bits per heavy atom. The Labute approximate surface area is 169 Å². The van der Waals surface area contributed by atoms with Gasteiger partial charge >= 0.3 is 12.4 Å². The number of pyridine rings is 1. The highest BCUT2D eigenvalue weighted by molar-refractivity contribution is 7.99. The highest BCUT2D eigenvalue weighted by Crippen LogP contribution is 2.48. The van der Waals surface area contributed by atoms with Gasteiger partial charge < -0.3 is 10.7 Å². The number of aromatic amines is 1. The van der Waals surface area contributed by atoms with Crippen LogP contribution in [0.25, 0.3) is 10.9 Å². The maximum Gasteiger partial charge on any atom is 0.404 e. The van der Waals surface area contributed by atoms with Crippen LogP contribution in [0.5, 0.6) is 0 Å². The molecule has 1 atom stereocenters. The summed E-state index contributed by atoms with van der Waals surface area (Å²) < 4.78 is 78.9. The molecule has 0 aliphatic rings. The van der Waals surface area contributed by atoms with Crippen molar-refractivity contribution in [1.29, 1.82) is 5.26 Å². The number of nitrogens with zero attached hydrogens (tertiary/aromatic N) is 4. The molecule has 30 heavy (non-hydrogen) atoms. The monoisotopic (exact) mass is 446 g/mol. The summed E-state index contributed by atoms with van der Waals surface area (Å²) in [5, 5.41) is 8.26. The maximum atomic E-state index is 13.2. The van der Waals surface area contributed by atoms with Crippen LogP contribution in [0.1, 0.15) is 35.0 Å². The van der Waals surface area contributed by atoms with Gasteiger partial charge in [-0.15, -0.1) is 0 Å². The molecular formula is C17H12F6N6S. The van der Waals surface area contributed by atoms with E-state index in [0.29, 0.717) is 6.20 Å². The smallest absolute Gasteiger partial charge is 0.384 e. The second kappa shape index (κ2) is 7.67. The van der Waals surface area contributed by atoms with Gasteiger partial charge in [-0.1, -0.05) is 11.8 Å². The minimum absolute atomic E-state index is 0.0173. The third kappa shape index (κ3) is 4.28. The number of thioether (sulfide) groups is 1. The molecule has 0 aliphatic carbocycles. The predicted molar refractivity (Wildman–Crippen MR) is 96.4 cm³/mol. The molecule has 0 aromatic carbocycles. The molecule has 0 fully saturated rings. The number of hydrogen-bond donors (Lipinski definition) is 2. The standard InChI is InChI=1S/C17H12F6N6S/c1-7(30-15-28-8(5-24)4-11(25)29-15)12-13-9(2-3-26-12)10(6-27-13)14(16(18,19)20)17(21,22)23/h2-4,6-7,14,27H,1H3,(H2,25,28,29). The zero-order valence-electron chi connectivity index (χ0n) is 15.0. The normalized spacial score (nSPS) is 13.6. The number of nitrogens with two attached hydrogens (primary N) is 1. The van der Waals surface area contributed by atoms with Crippen LogP contribution in [0.3, 0.4) is 0 Å². The third-order valence-corrected chi connectivity index (χ3v) is 5.11. The Morgan fingerprint density at radius 3 is 2.43 bits per heavy atom.